The van der Waals surface area contributed by atoms with Crippen LogP contribution in [0.5, 0.6) is 23.0 Å². The molecule has 0 saturated heterocycles. The molecule has 0 aliphatic heterocycles. The average molecular weight is 971 g/mol. The summed E-state index contributed by atoms with van der Waals surface area (Å²) in [4.78, 5) is 2.19. The number of nitrogens with zero attached hydrogens (tertiary/aromatic N) is 1. The maximum atomic E-state index is 11.8. The van der Waals surface area contributed by atoms with Crippen LogP contribution in [0.15, 0.2) is 109 Å². The van der Waals surface area contributed by atoms with Crippen molar-refractivity contribution < 1.29 is 24.8 Å². The normalized spacial score (nSPS) is 31.2. The summed E-state index contributed by atoms with van der Waals surface area (Å²) in [6, 6.07) is 38.1. The molecule has 6 nitrogen and oxygen atoms in total. The van der Waals surface area contributed by atoms with Crippen molar-refractivity contribution in [2.45, 2.75) is 133 Å². The van der Waals surface area contributed by atoms with Crippen molar-refractivity contribution in [1.82, 2.24) is 4.90 Å². The molecule has 0 spiro atoms. The fourth-order valence-electron chi connectivity index (χ4n) is 15.8. The molecule has 370 valence electrons. The van der Waals surface area contributed by atoms with Crippen LogP contribution in [0.1, 0.15) is 153 Å². The molecule has 11 rings (SSSR count). The first-order valence-corrected chi connectivity index (χ1v) is 27.3. The molecular weight excluding hydrogens is 898 g/mol. The number of hydrogen-bond donors (Lipinski definition) is 3. The highest BCUT2D eigenvalue weighted by Crippen LogP contribution is 2.66. The van der Waals surface area contributed by atoms with E-state index in [-0.39, 0.29) is 22.7 Å². The molecule has 5 aromatic carbocycles. The molecule has 11 atom stereocenters. The maximum Gasteiger partial charge on any atom is 0.134 e. The van der Waals surface area contributed by atoms with Gasteiger partial charge in [-0.1, -0.05) is 99.5 Å². The van der Waals surface area contributed by atoms with Gasteiger partial charge in [-0.25, -0.2) is 0 Å². The van der Waals surface area contributed by atoms with Crippen molar-refractivity contribution in [3.63, 3.8) is 0 Å². The van der Waals surface area contributed by atoms with Crippen LogP contribution >= 0.6 is 11.6 Å². The van der Waals surface area contributed by atoms with E-state index in [2.05, 4.69) is 136 Å². The molecule has 71 heavy (non-hydrogen) atoms. The second-order valence-corrected chi connectivity index (χ2v) is 23.2. The second-order valence-electron chi connectivity index (χ2n) is 22.8. The summed E-state index contributed by atoms with van der Waals surface area (Å²) < 4.78 is 13.6. The highest BCUT2D eigenvalue weighted by atomic mass is 35.5. The lowest BCUT2D eigenvalue weighted by Crippen LogP contribution is -2.50. The van der Waals surface area contributed by atoms with Gasteiger partial charge in [-0.15, -0.1) is 18.0 Å². The third-order valence-electron chi connectivity index (χ3n) is 19.5. The highest BCUT2D eigenvalue weighted by molar-refractivity contribution is 6.20. The minimum atomic E-state index is -1.07. The van der Waals surface area contributed by atoms with E-state index in [0.29, 0.717) is 55.1 Å². The molecule has 0 amide bonds. The molecule has 3 N–H and O–H groups in total. The average Bonchev–Trinajstić information content (AvgIpc) is 3.85. The van der Waals surface area contributed by atoms with Gasteiger partial charge in [0.2, 0.25) is 0 Å². The lowest BCUT2D eigenvalue weighted by Gasteiger charge is -2.52. The molecule has 6 aliphatic carbocycles. The largest absolute Gasteiger partial charge is 0.508 e. The Morgan fingerprint density at radius 2 is 1.39 bits per heavy atom. The monoisotopic (exact) mass is 970 g/mol. The van der Waals surface area contributed by atoms with Gasteiger partial charge in [0.25, 0.3) is 0 Å². The first kappa shape index (κ1) is 48.2. The molecule has 0 radical (unpaired) electrons. The lowest BCUT2D eigenvalue weighted by molar-refractivity contribution is -0.0648. The van der Waals surface area contributed by atoms with Gasteiger partial charge in [0.05, 0.1) is 6.10 Å². The van der Waals surface area contributed by atoms with Crippen molar-refractivity contribution in [2.24, 2.45) is 34.5 Å². The summed E-state index contributed by atoms with van der Waals surface area (Å²) in [5, 5.41) is 34.1. The Balaban J connectivity index is 0.878. The smallest absolute Gasteiger partial charge is 0.134 e. The fourth-order valence-corrected chi connectivity index (χ4v) is 16.0. The van der Waals surface area contributed by atoms with Crippen molar-refractivity contribution >= 4 is 22.7 Å². The van der Waals surface area contributed by atoms with Crippen molar-refractivity contribution in [3.8, 4) is 35.3 Å². The highest BCUT2D eigenvalue weighted by Gasteiger charge is 2.61. The zero-order chi connectivity index (χ0) is 49.2. The molecule has 6 aliphatic rings. The topological polar surface area (TPSA) is 82.4 Å². The predicted octanol–water partition coefficient (Wildman–Crippen LogP) is 14.2. The van der Waals surface area contributed by atoms with Gasteiger partial charge >= 0.3 is 0 Å². The zero-order valence-corrected chi connectivity index (χ0v) is 42.9. The van der Waals surface area contributed by atoms with E-state index in [1.54, 1.807) is 0 Å². The number of phenolic OH excluding ortho intramolecular Hbond substituents is 1. The number of likely N-dealkylation sites (N-methyl/N-ethyl adjacent to an activating group) is 1. The third-order valence-corrected chi connectivity index (χ3v) is 20.1. The van der Waals surface area contributed by atoms with E-state index in [1.807, 2.05) is 12.1 Å². The molecule has 4 saturated carbocycles. The molecule has 5 aromatic rings. The number of ether oxygens (including phenoxy) is 2. The van der Waals surface area contributed by atoms with E-state index in [9.17, 15) is 15.3 Å². The Bertz CT molecular complexity index is 2840. The molecule has 4 fully saturated rings. The first-order valence-electron chi connectivity index (χ1n) is 26.8. The third kappa shape index (κ3) is 8.32. The van der Waals surface area contributed by atoms with Gasteiger partial charge in [0.1, 0.15) is 40.7 Å². The number of aromatic hydroxyl groups is 1. The number of aliphatic hydroxyl groups excluding tert-OH is 1. The number of terminal acetylenes is 1. The van der Waals surface area contributed by atoms with Crippen LogP contribution < -0.4 is 9.47 Å². The summed E-state index contributed by atoms with van der Waals surface area (Å²) in [6.45, 7) is 7.84. The van der Waals surface area contributed by atoms with Gasteiger partial charge in [-0.05, 0) is 212 Å². The molecule has 7 heteroatoms. The lowest BCUT2D eigenvalue weighted by atomic mass is 9.53. The summed E-state index contributed by atoms with van der Waals surface area (Å²) >= 11 is 7.79. The number of alkyl halides is 1. The molecule has 0 bridgehead atoms. The second kappa shape index (κ2) is 19.1. The summed E-state index contributed by atoms with van der Waals surface area (Å²) in [5.74, 6) is 7.73. The summed E-state index contributed by atoms with van der Waals surface area (Å²) in [6.07, 6.45) is 18.0. The van der Waals surface area contributed by atoms with Crippen LogP contribution in [0.4, 0.5) is 0 Å². The maximum absolute atomic E-state index is 11.8. The summed E-state index contributed by atoms with van der Waals surface area (Å²) in [7, 11) is 2.08. The Labute approximate surface area is 427 Å². The van der Waals surface area contributed by atoms with Crippen molar-refractivity contribution in [2.75, 3.05) is 20.2 Å². The Morgan fingerprint density at radius 1 is 0.746 bits per heavy atom. The van der Waals surface area contributed by atoms with Gasteiger partial charge in [0.15, 0.2) is 0 Å². The number of halogens is 1. The molecular formula is C64H72ClNO5. The number of fused-ring (bicyclic) bond motifs is 10. The quantitative estimate of drug-likeness (QED) is 0.0500. The van der Waals surface area contributed by atoms with Crippen LogP contribution in [0.2, 0.25) is 0 Å². The number of hydrogen-bond acceptors (Lipinski definition) is 6. The Morgan fingerprint density at radius 3 is 2.10 bits per heavy atom. The van der Waals surface area contributed by atoms with Crippen LogP contribution in [0.3, 0.4) is 0 Å². The molecule has 0 aromatic heterocycles. The number of aliphatic hydroxyl groups is 2. The van der Waals surface area contributed by atoms with Crippen molar-refractivity contribution in [1.29, 1.82) is 0 Å². The van der Waals surface area contributed by atoms with Crippen LogP contribution in [-0.4, -0.2) is 52.1 Å². The minimum absolute atomic E-state index is 0.0287. The molecule has 0 heterocycles. The van der Waals surface area contributed by atoms with Gasteiger partial charge in [-0.2, -0.15) is 0 Å². The number of allylic oxidation sites excluding steroid dienone is 1. The van der Waals surface area contributed by atoms with E-state index in [1.165, 1.54) is 44.5 Å². The van der Waals surface area contributed by atoms with Gasteiger partial charge in [0, 0.05) is 23.6 Å². The van der Waals surface area contributed by atoms with Crippen LogP contribution in [0.25, 0.3) is 11.1 Å². The van der Waals surface area contributed by atoms with E-state index >= 15 is 0 Å². The van der Waals surface area contributed by atoms with E-state index in [0.717, 1.165) is 105 Å². The van der Waals surface area contributed by atoms with Gasteiger partial charge < -0.3 is 24.8 Å². The van der Waals surface area contributed by atoms with Crippen molar-refractivity contribution in [3.05, 3.63) is 154 Å². The molecule has 2 unspecified atom stereocenters. The van der Waals surface area contributed by atoms with Crippen LogP contribution in [-0.2, 0) is 12.8 Å². The van der Waals surface area contributed by atoms with E-state index in [4.69, 9.17) is 27.5 Å². The minimum Gasteiger partial charge on any atom is -0.508 e. The zero-order valence-electron chi connectivity index (χ0n) is 42.2. The SMILES string of the molecule is C#C[C@]1(O)CC[C@H]2[C@@H]3CCc4cc(Oc5cc(O)cc6c5[C@H]5CC[C@]7(C)[C@H](O)CC[C@H]7[C@@H]5CC6)cc(C(Cl)N(C)CCOc5ccc(/C(=C(/CC)c6ccccc6)c6ccccc6)cc5)c4[C@H]3CCC21C. The van der Waals surface area contributed by atoms with Gasteiger partial charge in [-0.3, -0.25) is 4.90 Å². The first-order chi connectivity index (χ1) is 34.3. The number of rotatable bonds is 12. The standard InChI is InChI=1S/C64H72ClNO5/c1-6-48(40-14-10-8-11-15-40)58(41-16-12-9-13-17-41)42-18-22-46(23-19-42)70-35-34-66(5)61(65)53-39-47(37-44-21-25-50-51(59(44)53)29-32-63(4)55(50)30-33-64(63,69)7-2)71-56-38-45(67)36-43-20-24-49-52(60(43)56)28-31-62(3)54(49)26-27-57(62)68/h2,8-19,22-23,36-39,49-52,54-55,57,61,67-69H,6,20-21,24-35H2,1,3-5H3/b58-48-/t49-,50-,51+,52+,54+,55+,57-,61?,62+,63?,64+/m1/s1. The van der Waals surface area contributed by atoms with Crippen LogP contribution in [0, 0.1) is 46.8 Å². The van der Waals surface area contributed by atoms with E-state index < -0.39 is 11.1 Å². The number of aryl methyl sites for hydroxylation is 2. The number of phenols is 1. The fraction of sp³-hybridized carbons (Fsp3) is 0.469. The predicted molar refractivity (Wildman–Crippen MR) is 286 cm³/mol. The number of benzene rings is 5. The Kier molecular flexibility index (Phi) is 13.0. The Hall–Kier alpha value is -5.03. The summed E-state index contributed by atoms with van der Waals surface area (Å²) in [5.41, 5.74) is 10.4.